The molecule has 0 fully saturated rings. The Bertz CT molecular complexity index is 1040. The summed E-state index contributed by atoms with van der Waals surface area (Å²) in [6, 6.07) is 17.2. The Morgan fingerprint density at radius 1 is 1.00 bits per heavy atom. The minimum absolute atomic E-state index is 0.0708. The molecule has 0 aliphatic heterocycles. The van der Waals surface area contributed by atoms with E-state index >= 15 is 0 Å². The van der Waals surface area contributed by atoms with Crippen molar-refractivity contribution in [3.63, 3.8) is 0 Å². The van der Waals surface area contributed by atoms with Crippen molar-refractivity contribution in [3.8, 4) is 5.75 Å². The molecule has 0 unspecified atom stereocenters. The van der Waals surface area contributed by atoms with Gasteiger partial charge in [0.25, 0.3) is 11.8 Å². The average Bonchev–Trinajstić information content (AvgIpc) is 3.12. The summed E-state index contributed by atoms with van der Waals surface area (Å²) in [4.78, 5) is 27.1. The van der Waals surface area contributed by atoms with Crippen molar-refractivity contribution < 1.29 is 19.5 Å². The molecule has 1 heterocycles. The minimum Gasteiger partial charge on any atom is -0.486 e. The number of amides is 2. The summed E-state index contributed by atoms with van der Waals surface area (Å²) in [6.07, 6.45) is 1.45. The van der Waals surface area contributed by atoms with Gasteiger partial charge in [0.1, 0.15) is 17.9 Å². The monoisotopic (exact) mass is 422 g/mol. The lowest BCUT2D eigenvalue weighted by atomic mass is 10.2. The van der Waals surface area contributed by atoms with E-state index in [-0.39, 0.29) is 29.5 Å². The van der Waals surface area contributed by atoms with Gasteiger partial charge in [0.2, 0.25) is 0 Å². The van der Waals surface area contributed by atoms with Crippen molar-refractivity contribution in [1.82, 2.24) is 15.4 Å². The number of anilines is 1. The van der Waals surface area contributed by atoms with E-state index in [4.69, 9.17) is 9.94 Å². The second-order valence-corrected chi connectivity index (χ2v) is 7.29. The predicted octanol–water partition coefficient (Wildman–Crippen LogP) is 2.72. The predicted molar refractivity (Wildman–Crippen MR) is 117 cm³/mol. The van der Waals surface area contributed by atoms with E-state index in [9.17, 15) is 9.59 Å². The zero-order chi connectivity index (χ0) is 22.4. The fourth-order valence-electron chi connectivity index (χ4n) is 3.14. The number of ether oxygens (including phenoxy) is 1. The molecule has 0 bridgehead atoms. The molecule has 8 nitrogen and oxygen atoms in total. The van der Waals surface area contributed by atoms with Crippen LogP contribution in [0.5, 0.6) is 5.75 Å². The Morgan fingerprint density at radius 2 is 1.68 bits per heavy atom. The van der Waals surface area contributed by atoms with E-state index in [1.165, 1.54) is 10.8 Å². The molecule has 0 saturated carbocycles. The molecule has 0 spiro atoms. The highest BCUT2D eigenvalue weighted by Gasteiger charge is 2.25. The lowest BCUT2D eigenvalue weighted by molar-refractivity contribution is 0.0702. The molecule has 162 valence electrons. The van der Waals surface area contributed by atoms with Crippen LogP contribution in [0, 0.1) is 0 Å². The molecule has 0 radical (unpaired) electrons. The molecule has 0 atom stereocenters. The number of nitrogens with one attached hydrogen (secondary N) is 2. The summed E-state index contributed by atoms with van der Waals surface area (Å²) >= 11 is 0. The van der Waals surface area contributed by atoms with E-state index < -0.39 is 5.91 Å². The first-order chi connectivity index (χ1) is 14.9. The van der Waals surface area contributed by atoms with Crippen LogP contribution in [-0.2, 0) is 20.2 Å². The van der Waals surface area contributed by atoms with Gasteiger partial charge in [-0.2, -0.15) is 0 Å². The highest BCUT2D eigenvalue weighted by atomic mass is 16.5. The molecule has 3 rings (SSSR count). The van der Waals surface area contributed by atoms with Crippen LogP contribution in [0.1, 0.15) is 32.0 Å². The van der Waals surface area contributed by atoms with E-state index in [2.05, 4.69) is 5.32 Å². The van der Waals surface area contributed by atoms with E-state index in [0.29, 0.717) is 6.54 Å². The van der Waals surface area contributed by atoms with Gasteiger partial charge in [0.05, 0.1) is 0 Å². The van der Waals surface area contributed by atoms with Gasteiger partial charge >= 0.3 is 0 Å². The van der Waals surface area contributed by atoms with Crippen molar-refractivity contribution >= 4 is 17.5 Å². The van der Waals surface area contributed by atoms with E-state index in [0.717, 1.165) is 16.8 Å². The van der Waals surface area contributed by atoms with Gasteiger partial charge in [-0.05, 0) is 23.3 Å². The van der Waals surface area contributed by atoms with Crippen LogP contribution >= 0.6 is 0 Å². The van der Waals surface area contributed by atoms with Crippen LogP contribution in [0.2, 0.25) is 0 Å². The first-order valence-corrected chi connectivity index (χ1v) is 9.75. The summed E-state index contributed by atoms with van der Waals surface area (Å²) in [5, 5.41) is 11.9. The van der Waals surface area contributed by atoms with Crippen LogP contribution in [0.4, 0.5) is 5.69 Å². The highest BCUT2D eigenvalue weighted by molar-refractivity contribution is 6.03. The van der Waals surface area contributed by atoms with Gasteiger partial charge in [-0.15, -0.1) is 0 Å². The Kier molecular flexibility index (Phi) is 6.94. The summed E-state index contributed by atoms with van der Waals surface area (Å²) in [7, 11) is 5.57. The number of aromatic nitrogens is 1. The van der Waals surface area contributed by atoms with Gasteiger partial charge in [0.15, 0.2) is 5.75 Å². The maximum atomic E-state index is 13.0. The fraction of sp³-hybridized carbons (Fsp3) is 0.217. The number of carbonyl (C=O) groups excluding carboxylic acids is 2. The topological polar surface area (TPSA) is 95.8 Å². The Hall–Kier alpha value is -3.78. The number of hydrogen-bond donors (Lipinski definition) is 3. The normalized spacial score (nSPS) is 10.5. The number of carbonyl (C=O) groups is 2. The SMILES string of the molecule is CN(C)c1ccc(CNC(=O)c2c(OCc3ccccc3)c(C(=O)NO)cn2C)cc1. The molecule has 0 saturated heterocycles. The second kappa shape index (κ2) is 9.82. The van der Waals surface area contributed by atoms with Gasteiger partial charge in [-0.1, -0.05) is 42.5 Å². The lowest BCUT2D eigenvalue weighted by Gasteiger charge is -2.13. The van der Waals surface area contributed by atoms with Gasteiger partial charge < -0.3 is 19.5 Å². The van der Waals surface area contributed by atoms with Gasteiger partial charge in [0, 0.05) is 39.6 Å². The Morgan fingerprint density at radius 3 is 2.29 bits per heavy atom. The molecular weight excluding hydrogens is 396 g/mol. The van der Waals surface area contributed by atoms with Crippen molar-refractivity contribution in [2.45, 2.75) is 13.2 Å². The minimum atomic E-state index is -0.753. The van der Waals surface area contributed by atoms with E-state index in [1.54, 1.807) is 12.5 Å². The van der Waals surface area contributed by atoms with Crippen LogP contribution in [0.25, 0.3) is 0 Å². The van der Waals surface area contributed by atoms with Crippen molar-refractivity contribution in [2.75, 3.05) is 19.0 Å². The van der Waals surface area contributed by atoms with Crippen molar-refractivity contribution in [1.29, 1.82) is 0 Å². The summed E-state index contributed by atoms with van der Waals surface area (Å²) in [5.41, 5.74) is 4.75. The first kappa shape index (κ1) is 21.9. The number of benzene rings is 2. The van der Waals surface area contributed by atoms with Crippen molar-refractivity contribution in [2.24, 2.45) is 7.05 Å². The van der Waals surface area contributed by atoms with Crippen LogP contribution in [-0.4, -0.2) is 35.7 Å². The molecule has 2 amide bonds. The summed E-state index contributed by atoms with van der Waals surface area (Å²) < 4.78 is 7.36. The fourth-order valence-corrected chi connectivity index (χ4v) is 3.14. The standard InChI is InChI=1S/C23H26N4O4/c1-26(2)18-11-9-16(10-12-18)13-24-23(29)20-21(19(14-27(20)3)22(28)25-30)31-15-17-7-5-4-6-8-17/h4-12,14,30H,13,15H2,1-3H3,(H,24,29)(H,25,28). The number of hydrogen-bond acceptors (Lipinski definition) is 5. The zero-order valence-electron chi connectivity index (χ0n) is 17.8. The third-order valence-electron chi connectivity index (χ3n) is 4.83. The summed E-state index contributed by atoms with van der Waals surface area (Å²) in [5.74, 6) is -1.03. The average molecular weight is 422 g/mol. The van der Waals surface area contributed by atoms with Crippen LogP contribution < -0.4 is 20.4 Å². The summed E-state index contributed by atoms with van der Waals surface area (Å²) in [6.45, 7) is 0.486. The molecule has 1 aromatic heterocycles. The largest absolute Gasteiger partial charge is 0.486 e. The smallest absolute Gasteiger partial charge is 0.279 e. The second-order valence-electron chi connectivity index (χ2n) is 7.29. The number of nitrogens with zero attached hydrogens (tertiary/aromatic N) is 2. The Labute approximate surface area is 181 Å². The third-order valence-corrected chi connectivity index (χ3v) is 4.83. The van der Waals surface area contributed by atoms with Crippen LogP contribution in [0.15, 0.2) is 60.8 Å². The maximum Gasteiger partial charge on any atom is 0.279 e. The van der Waals surface area contributed by atoms with Crippen LogP contribution in [0.3, 0.4) is 0 Å². The number of hydroxylamine groups is 1. The lowest BCUT2D eigenvalue weighted by Crippen LogP contribution is -2.25. The molecule has 0 aliphatic rings. The molecule has 3 N–H and O–H groups in total. The first-order valence-electron chi connectivity index (χ1n) is 9.75. The molecule has 3 aromatic rings. The third kappa shape index (κ3) is 5.23. The van der Waals surface area contributed by atoms with Gasteiger partial charge in [-0.25, -0.2) is 5.48 Å². The molecule has 8 heteroatoms. The molecule has 2 aromatic carbocycles. The maximum absolute atomic E-state index is 13.0. The molecular formula is C23H26N4O4. The Balaban J connectivity index is 1.80. The number of aryl methyl sites for hydroxylation is 1. The molecule has 0 aliphatic carbocycles. The molecule has 31 heavy (non-hydrogen) atoms. The van der Waals surface area contributed by atoms with Gasteiger partial charge in [-0.3, -0.25) is 14.8 Å². The quantitative estimate of drug-likeness (QED) is 0.383. The van der Waals surface area contributed by atoms with E-state index in [1.807, 2.05) is 73.6 Å². The zero-order valence-corrected chi connectivity index (χ0v) is 17.8. The van der Waals surface area contributed by atoms with Crippen molar-refractivity contribution in [3.05, 3.63) is 83.2 Å². The highest BCUT2D eigenvalue weighted by Crippen LogP contribution is 2.27. The number of rotatable bonds is 8.